The Balaban J connectivity index is 1.30. The Bertz CT molecular complexity index is 1120. The highest BCUT2D eigenvalue weighted by Crippen LogP contribution is 2.40. The van der Waals surface area contributed by atoms with Crippen molar-refractivity contribution >= 4 is 32.6 Å². The maximum Gasteiger partial charge on any atom is 0.251 e. The predicted molar refractivity (Wildman–Crippen MR) is 133 cm³/mol. The van der Waals surface area contributed by atoms with Crippen molar-refractivity contribution in [3.63, 3.8) is 0 Å². The van der Waals surface area contributed by atoms with Gasteiger partial charge < -0.3 is 29.2 Å². The van der Waals surface area contributed by atoms with Crippen LogP contribution >= 0.6 is 11.3 Å². The van der Waals surface area contributed by atoms with E-state index < -0.39 is 0 Å². The van der Waals surface area contributed by atoms with Crippen molar-refractivity contribution in [2.24, 2.45) is 0 Å². The number of benzene rings is 2. The lowest BCUT2D eigenvalue weighted by Gasteiger charge is -2.34. The van der Waals surface area contributed by atoms with Crippen molar-refractivity contribution < 1.29 is 23.7 Å². The lowest BCUT2D eigenvalue weighted by molar-refractivity contribution is 0.0947. The number of amides is 1. The van der Waals surface area contributed by atoms with Crippen LogP contribution in [0.2, 0.25) is 0 Å². The fourth-order valence-corrected chi connectivity index (χ4v) is 4.98. The van der Waals surface area contributed by atoms with Gasteiger partial charge in [-0.25, -0.2) is 4.98 Å². The standard InChI is InChI=1S/C24H30N4O5S/c1-30-17-13-16(14-18(15-17)31-2)23(29)25-7-8-27-9-11-28(12-10-27)24-26-21-20(34-24)6-5-19(32-3)22(21)33-4/h5-6,13-15H,7-12H2,1-4H3,(H,25,29). The SMILES string of the molecule is COc1cc(OC)cc(C(=O)NCCN2CCN(c3nc4c(OC)c(OC)ccc4s3)CC2)c1. The Morgan fingerprint density at radius 2 is 1.68 bits per heavy atom. The van der Waals surface area contributed by atoms with E-state index in [4.69, 9.17) is 23.9 Å². The Morgan fingerprint density at radius 1 is 0.971 bits per heavy atom. The van der Waals surface area contributed by atoms with E-state index in [1.807, 2.05) is 12.1 Å². The van der Waals surface area contributed by atoms with Gasteiger partial charge in [-0.2, -0.15) is 0 Å². The van der Waals surface area contributed by atoms with Gasteiger partial charge in [-0.1, -0.05) is 11.3 Å². The Morgan fingerprint density at radius 3 is 2.29 bits per heavy atom. The average molecular weight is 487 g/mol. The highest BCUT2D eigenvalue weighted by atomic mass is 32.1. The number of thiazole rings is 1. The molecule has 1 aliphatic heterocycles. The molecule has 0 radical (unpaired) electrons. The highest BCUT2D eigenvalue weighted by Gasteiger charge is 2.22. The van der Waals surface area contributed by atoms with Gasteiger partial charge in [0.05, 0.1) is 33.1 Å². The molecule has 1 saturated heterocycles. The summed E-state index contributed by atoms with van der Waals surface area (Å²) in [4.78, 5) is 22.0. The first kappa shape index (κ1) is 23.9. The second-order valence-electron chi connectivity index (χ2n) is 7.83. The molecule has 4 rings (SSSR count). The van der Waals surface area contributed by atoms with Crippen LogP contribution in [0.4, 0.5) is 5.13 Å². The number of ether oxygens (including phenoxy) is 4. The van der Waals surface area contributed by atoms with Gasteiger partial charge in [0, 0.05) is 50.9 Å². The molecule has 0 unspecified atom stereocenters. The van der Waals surface area contributed by atoms with Gasteiger partial charge in [-0.15, -0.1) is 0 Å². The fourth-order valence-electron chi connectivity index (χ4n) is 3.96. The molecule has 0 bridgehead atoms. The normalized spacial score (nSPS) is 14.2. The van der Waals surface area contributed by atoms with Gasteiger partial charge in [0.1, 0.15) is 17.0 Å². The van der Waals surface area contributed by atoms with E-state index in [-0.39, 0.29) is 5.91 Å². The molecule has 1 fully saturated rings. The van der Waals surface area contributed by atoms with Crippen LogP contribution in [0.3, 0.4) is 0 Å². The van der Waals surface area contributed by atoms with Gasteiger partial charge in [0.25, 0.3) is 5.91 Å². The topological polar surface area (TPSA) is 85.4 Å². The summed E-state index contributed by atoms with van der Waals surface area (Å²) in [6, 6.07) is 9.10. The van der Waals surface area contributed by atoms with Crippen LogP contribution in [-0.4, -0.2) is 83.5 Å². The van der Waals surface area contributed by atoms with Crippen LogP contribution in [0.5, 0.6) is 23.0 Å². The molecule has 1 aromatic heterocycles. The summed E-state index contributed by atoms with van der Waals surface area (Å²) >= 11 is 1.66. The molecule has 0 saturated carbocycles. The first-order valence-corrected chi connectivity index (χ1v) is 11.9. The number of rotatable bonds is 9. The monoisotopic (exact) mass is 486 g/mol. The first-order valence-electron chi connectivity index (χ1n) is 11.1. The zero-order chi connectivity index (χ0) is 24.1. The molecular weight excluding hydrogens is 456 g/mol. The number of aromatic nitrogens is 1. The van der Waals surface area contributed by atoms with E-state index in [1.54, 1.807) is 58.0 Å². The van der Waals surface area contributed by atoms with Gasteiger partial charge in [-0.05, 0) is 24.3 Å². The highest BCUT2D eigenvalue weighted by molar-refractivity contribution is 7.22. The molecule has 0 atom stereocenters. The van der Waals surface area contributed by atoms with Crippen molar-refractivity contribution in [2.45, 2.75) is 0 Å². The van der Waals surface area contributed by atoms with Gasteiger partial charge >= 0.3 is 0 Å². The summed E-state index contributed by atoms with van der Waals surface area (Å²) in [6.07, 6.45) is 0. The summed E-state index contributed by atoms with van der Waals surface area (Å²) in [6.45, 7) is 4.90. The third kappa shape index (κ3) is 5.13. The number of methoxy groups -OCH3 is 4. The van der Waals surface area contributed by atoms with E-state index in [9.17, 15) is 4.79 Å². The zero-order valence-corrected chi connectivity index (χ0v) is 20.7. The lowest BCUT2D eigenvalue weighted by Crippen LogP contribution is -2.48. The molecule has 0 aliphatic carbocycles. The van der Waals surface area contributed by atoms with Crippen LogP contribution < -0.4 is 29.2 Å². The number of hydrogen-bond acceptors (Lipinski definition) is 9. The number of fused-ring (bicyclic) bond motifs is 1. The first-order chi connectivity index (χ1) is 16.6. The molecule has 2 aromatic carbocycles. The van der Waals surface area contributed by atoms with Crippen molar-refractivity contribution in [1.82, 2.24) is 15.2 Å². The zero-order valence-electron chi connectivity index (χ0n) is 19.9. The molecule has 182 valence electrons. The number of nitrogens with zero attached hydrogens (tertiary/aromatic N) is 3. The smallest absolute Gasteiger partial charge is 0.251 e. The summed E-state index contributed by atoms with van der Waals surface area (Å²) < 4.78 is 22.5. The third-order valence-electron chi connectivity index (χ3n) is 5.86. The number of piperazine rings is 1. The summed E-state index contributed by atoms with van der Waals surface area (Å²) in [5.41, 5.74) is 1.35. The van der Waals surface area contributed by atoms with Crippen molar-refractivity contribution in [3.05, 3.63) is 35.9 Å². The Hall–Kier alpha value is -3.24. The van der Waals surface area contributed by atoms with Crippen LogP contribution in [0.25, 0.3) is 10.2 Å². The number of anilines is 1. The Kier molecular flexibility index (Phi) is 7.59. The molecule has 10 heteroatoms. The minimum Gasteiger partial charge on any atom is -0.497 e. The molecule has 34 heavy (non-hydrogen) atoms. The van der Waals surface area contributed by atoms with Crippen LogP contribution in [0.1, 0.15) is 10.4 Å². The van der Waals surface area contributed by atoms with E-state index in [2.05, 4.69) is 15.1 Å². The minimum absolute atomic E-state index is 0.144. The molecule has 0 spiro atoms. The van der Waals surface area contributed by atoms with E-state index >= 15 is 0 Å². The number of carbonyl (C=O) groups is 1. The van der Waals surface area contributed by atoms with Crippen LogP contribution in [0, 0.1) is 0 Å². The van der Waals surface area contributed by atoms with Crippen LogP contribution in [-0.2, 0) is 0 Å². The summed E-state index contributed by atoms with van der Waals surface area (Å²) in [5, 5.41) is 3.98. The van der Waals surface area contributed by atoms with Gasteiger partial charge in [0.15, 0.2) is 16.6 Å². The lowest BCUT2D eigenvalue weighted by atomic mass is 10.2. The predicted octanol–water partition coefficient (Wildman–Crippen LogP) is 2.88. The second-order valence-corrected chi connectivity index (χ2v) is 8.84. The fraction of sp³-hybridized carbons (Fsp3) is 0.417. The van der Waals surface area contributed by atoms with Crippen molar-refractivity contribution in [1.29, 1.82) is 0 Å². The largest absolute Gasteiger partial charge is 0.497 e. The molecule has 1 aliphatic rings. The second kappa shape index (κ2) is 10.8. The summed E-state index contributed by atoms with van der Waals surface area (Å²) in [5.74, 6) is 2.39. The molecule has 1 N–H and O–H groups in total. The van der Waals surface area contributed by atoms with Crippen LogP contribution in [0.15, 0.2) is 30.3 Å². The molecule has 1 amide bonds. The average Bonchev–Trinajstić information content (AvgIpc) is 3.32. The third-order valence-corrected chi connectivity index (χ3v) is 6.94. The maximum absolute atomic E-state index is 12.6. The molecule has 9 nitrogen and oxygen atoms in total. The van der Waals surface area contributed by atoms with Crippen molar-refractivity contribution in [2.75, 3.05) is 72.6 Å². The van der Waals surface area contributed by atoms with E-state index in [1.165, 1.54) is 0 Å². The molecule has 2 heterocycles. The molecule has 3 aromatic rings. The van der Waals surface area contributed by atoms with Crippen molar-refractivity contribution in [3.8, 4) is 23.0 Å². The van der Waals surface area contributed by atoms with Gasteiger partial charge in [0.2, 0.25) is 0 Å². The van der Waals surface area contributed by atoms with Gasteiger partial charge in [-0.3, -0.25) is 9.69 Å². The quantitative estimate of drug-likeness (QED) is 0.494. The van der Waals surface area contributed by atoms with E-state index in [0.717, 1.165) is 48.1 Å². The van der Waals surface area contributed by atoms with E-state index in [0.29, 0.717) is 35.1 Å². The number of nitrogens with one attached hydrogen (secondary N) is 1. The summed E-state index contributed by atoms with van der Waals surface area (Å²) in [7, 11) is 6.40. The number of hydrogen-bond donors (Lipinski definition) is 1. The Labute approximate surface area is 203 Å². The molecular formula is C24H30N4O5S. The maximum atomic E-state index is 12.6. The number of carbonyl (C=O) groups excluding carboxylic acids is 1. The minimum atomic E-state index is -0.144.